The molecule has 4 nitrogen and oxygen atoms in total. The van der Waals surface area contributed by atoms with Crippen molar-refractivity contribution in [3.63, 3.8) is 0 Å². The first-order valence-corrected chi connectivity index (χ1v) is 57.1. The topological polar surface area (TPSA) is 22.9 Å². The summed E-state index contributed by atoms with van der Waals surface area (Å²) in [6.45, 7) is 0. The van der Waals surface area contributed by atoms with E-state index in [0.717, 1.165) is 75.9 Å². The highest BCUT2D eigenvalue weighted by molar-refractivity contribution is 7.26. The van der Waals surface area contributed by atoms with Gasteiger partial charge in [0.2, 0.25) is 0 Å². The summed E-state index contributed by atoms with van der Waals surface area (Å²) in [7, 11) is 0. The average Bonchev–Trinajstić information content (AvgIpc) is 1.53. The molecule has 147 heavy (non-hydrogen) atoms. The molecular weight excluding hydrogens is 1800 g/mol. The van der Waals surface area contributed by atoms with Crippen LogP contribution in [0.15, 0.2) is 411 Å². The van der Waals surface area contributed by atoms with Crippen LogP contribution in [0, 0.1) is 35.5 Å². The first-order valence-electron chi connectivity index (χ1n) is 56.3. The number of thiophene rings is 1. The van der Waals surface area contributed by atoms with Gasteiger partial charge < -0.3 is 19.1 Å². The lowest BCUT2D eigenvalue weighted by Gasteiger charge is -2.34. The van der Waals surface area contributed by atoms with Gasteiger partial charge in [-0.3, -0.25) is 0 Å². The number of anilines is 9. The van der Waals surface area contributed by atoms with Crippen LogP contribution in [0.2, 0.25) is 0 Å². The Balaban J connectivity index is 0.000000110. The predicted octanol–water partition coefficient (Wildman–Crippen LogP) is 41.0. The molecular formula is C142H133N3OS. The molecule has 19 aromatic rings. The van der Waals surface area contributed by atoms with Gasteiger partial charge >= 0.3 is 0 Å². The minimum atomic E-state index is -0.408. The van der Waals surface area contributed by atoms with Crippen LogP contribution in [0.25, 0.3) is 86.6 Å². The number of para-hydroxylation sites is 2. The summed E-state index contributed by atoms with van der Waals surface area (Å²) in [6, 6.07) is 154. The van der Waals surface area contributed by atoms with Gasteiger partial charge in [-0.05, 0) is 395 Å². The van der Waals surface area contributed by atoms with Gasteiger partial charge in [0, 0.05) is 87.7 Å². The largest absolute Gasteiger partial charge is 0.455 e. The van der Waals surface area contributed by atoms with Gasteiger partial charge in [0.1, 0.15) is 11.2 Å². The monoisotopic (exact) mass is 1930 g/mol. The van der Waals surface area contributed by atoms with Gasteiger partial charge in [0.15, 0.2) is 0 Å². The van der Waals surface area contributed by atoms with Gasteiger partial charge in [0.25, 0.3) is 0 Å². The molecule has 17 aromatic carbocycles. The molecule has 10 aliphatic rings. The van der Waals surface area contributed by atoms with Crippen molar-refractivity contribution in [3.05, 3.63) is 462 Å². The standard InChI is InChI=1S/C56H51N.C43H41NO.C43H41NS/c1-4-12-40(13-5-1)41-22-29-48(30-23-41)57(50-33-26-43(27-34-50)53-37-39-20-21-45(53)36-39)49-31-24-42(25-32-49)44-28-35-52-51-18-10-11-19-54(51)56(55(52)38-44,46-14-6-2-7-15-46)47-16-8-3-9-17-47;1-2-7-30(8-3-1)31-15-21-35(22-16-31)44(37-25-19-33(20-26-37)41-28-29-13-14-34(41)27-29)36-23-17-32(18-24-36)38-10-6-11-40-39-9-4-5-12-42(39)45-43(38)40;1-2-7-30(8-3-1)31-15-21-35(22-16-31)44(37-25-19-33(20-26-37)40-28-29-13-14-34(40)27-29)36-23-17-32(18-24-36)38-10-6-12-42-43(38)39-9-4-5-11-41(39)45-42/h2-3,6-11,14-19,22-35,38-40,45,53H,1,4-5,12-13,20-21,36-37H2;4-6,9-12,15-26,29-30,34,41H,1-3,7-8,13-14,27-28H2;4-6,9-12,15-26,29-30,34,40H,1-3,7-8,13-14,27-28H2. The van der Waals surface area contributed by atoms with Crippen molar-refractivity contribution < 1.29 is 4.42 Å². The fraction of sp³-hybridized carbons (Fsp3) is 0.282. The van der Waals surface area contributed by atoms with Crippen LogP contribution in [0.1, 0.15) is 265 Å². The van der Waals surface area contributed by atoms with Crippen LogP contribution in [-0.4, -0.2) is 0 Å². The second kappa shape index (κ2) is 40.1. The second-order valence-electron chi connectivity index (χ2n) is 45.4. The molecule has 0 spiro atoms. The van der Waals surface area contributed by atoms with Crippen LogP contribution < -0.4 is 14.7 Å². The molecule has 0 amide bonds. The van der Waals surface area contributed by atoms with E-state index in [-0.39, 0.29) is 0 Å². The predicted molar refractivity (Wildman–Crippen MR) is 619 cm³/mol. The molecule has 9 saturated carbocycles. The number of fused-ring (bicyclic) bond motifs is 15. The number of furan rings is 1. The summed E-state index contributed by atoms with van der Waals surface area (Å²) in [5.41, 5.74) is 36.8. The maximum absolute atomic E-state index is 6.38. The molecule has 2 heterocycles. The molecule has 9 unspecified atom stereocenters. The normalized spacial score (nSPS) is 21.2. The number of hydrogen-bond donors (Lipinski definition) is 0. The van der Waals surface area contributed by atoms with E-state index in [9.17, 15) is 0 Å². The van der Waals surface area contributed by atoms with Crippen LogP contribution in [0.4, 0.5) is 51.2 Å². The highest BCUT2D eigenvalue weighted by atomic mass is 32.1. The van der Waals surface area contributed by atoms with Crippen molar-refractivity contribution in [2.45, 2.75) is 214 Å². The lowest BCUT2D eigenvalue weighted by molar-refractivity contribution is 0.420. The average molecular weight is 1930 g/mol. The van der Waals surface area contributed by atoms with E-state index >= 15 is 0 Å². The molecule has 0 saturated heterocycles. The molecule has 6 bridgehead atoms. The van der Waals surface area contributed by atoms with Crippen molar-refractivity contribution in [2.24, 2.45) is 35.5 Å². The summed E-state index contributed by atoms with van der Waals surface area (Å²) in [6.07, 6.45) is 37.4. The zero-order chi connectivity index (χ0) is 97.2. The first kappa shape index (κ1) is 91.8. The fourth-order valence-corrected chi connectivity index (χ4v) is 31.0. The Morgan fingerprint density at radius 2 is 0.558 bits per heavy atom. The molecule has 0 aliphatic heterocycles. The number of benzene rings is 17. The fourth-order valence-electron chi connectivity index (χ4n) is 29.9. The third kappa shape index (κ3) is 17.6. The van der Waals surface area contributed by atoms with E-state index in [1.807, 2.05) is 17.4 Å². The maximum atomic E-state index is 6.38. The van der Waals surface area contributed by atoms with Crippen molar-refractivity contribution in [1.29, 1.82) is 0 Å². The van der Waals surface area contributed by atoms with Gasteiger partial charge in [-0.15, -0.1) is 11.3 Å². The van der Waals surface area contributed by atoms with Crippen molar-refractivity contribution >= 4 is 105 Å². The van der Waals surface area contributed by atoms with Crippen LogP contribution in [-0.2, 0) is 5.41 Å². The van der Waals surface area contributed by atoms with E-state index in [4.69, 9.17) is 4.42 Å². The summed E-state index contributed by atoms with van der Waals surface area (Å²) < 4.78 is 9.09. The number of hydrogen-bond acceptors (Lipinski definition) is 5. The highest BCUT2D eigenvalue weighted by Crippen LogP contribution is 2.61. The summed E-state index contributed by atoms with van der Waals surface area (Å²) in [5.74, 6) is 9.94. The van der Waals surface area contributed by atoms with Crippen LogP contribution in [0.5, 0.6) is 0 Å². The zero-order valence-electron chi connectivity index (χ0n) is 84.9. The Morgan fingerprint density at radius 3 is 0.986 bits per heavy atom. The van der Waals surface area contributed by atoms with E-state index in [2.05, 4.69) is 415 Å². The molecule has 10 aliphatic carbocycles. The lowest BCUT2D eigenvalue weighted by atomic mass is 9.67. The molecule has 0 radical (unpaired) electrons. The van der Waals surface area contributed by atoms with Gasteiger partial charge in [0.05, 0.1) is 5.41 Å². The smallest absolute Gasteiger partial charge is 0.143 e. The summed E-state index contributed by atoms with van der Waals surface area (Å²) in [5, 5.41) is 5.06. The molecule has 5 heteroatoms. The quantitative estimate of drug-likeness (QED) is 0.0759. The Hall–Kier alpha value is -13.8. The lowest BCUT2D eigenvalue weighted by Crippen LogP contribution is -2.28. The van der Waals surface area contributed by atoms with Crippen LogP contribution in [0.3, 0.4) is 0 Å². The molecule has 29 rings (SSSR count). The molecule has 0 N–H and O–H groups in total. The van der Waals surface area contributed by atoms with E-state index in [0.29, 0.717) is 11.8 Å². The molecule has 9 atom stereocenters. The Bertz CT molecular complexity index is 7820. The maximum Gasteiger partial charge on any atom is 0.143 e. The number of nitrogens with zero attached hydrogens (tertiary/aromatic N) is 3. The second-order valence-corrected chi connectivity index (χ2v) is 46.5. The van der Waals surface area contributed by atoms with E-state index < -0.39 is 5.41 Å². The van der Waals surface area contributed by atoms with E-state index in [1.165, 1.54) is 345 Å². The summed E-state index contributed by atoms with van der Waals surface area (Å²) >= 11 is 1.89. The Labute approximate surface area is 873 Å². The van der Waals surface area contributed by atoms with Gasteiger partial charge in [-0.1, -0.05) is 350 Å². The minimum absolute atomic E-state index is 0.408. The third-order valence-corrected chi connectivity index (χ3v) is 38.4. The summed E-state index contributed by atoms with van der Waals surface area (Å²) in [4.78, 5) is 7.36. The van der Waals surface area contributed by atoms with Crippen molar-refractivity contribution in [1.82, 2.24) is 0 Å². The molecule has 728 valence electrons. The zero-order valence-corrected chi connectivity index (χ0v) is 85.7. The van der Waals surface area contributed by atoms with Crippen molar-refractivity contribution in [2.75, 3.05) is 14.7 Å². The first-order chi connectivity index (χ1) is 72.8. The SMILES string of the molecule is c1ccc(C2(c3ccccc3)c3ccccc3-c3ccc(-c4ccc(N(c5ccc(C6CCCCC6)cc5)c5ccc(C6CC7CCC6C7)cc5)cc4)cc32)cc1.c1ccc2c(c1)oc1c(-c3ccc(N(c4ccc(C5CCCCC5)cc4)c4ccc(C5CC6CCC5C6)cc4)cc3)cccc12.c1ccc2c(c1)sc1cccc(-c3ccc(N(c4ccc(C5CCCCC5)cc4)c4ccc(C5CC6CCC5C6)cc4)cc3)c12. The van der Waals surface area contributed by atoms with Gasteiger partial charge in [-0.2, -0.15) is 0 Å². The van der Waals surface area contributed by atoms with Gasteiger partial charge in [-0.25, -0.2) is 0 Å². The third-order valence-electron chi connectivity index (χ3n) is 37.2. The Morgan fingerprint density at radius 1 is 0.224 bits per heavy atom. The van der Waals surface area contributed by atoms with Crippen LogP contribution >= 0.6 is 11.3 Å². The Kier molecular flexibility index (Phi) is 25.0. The van der Waals surface area contributed by atoms with Crippen molar-refractivity contribution in [3.8, 4) is 44.5 Å². The highest BCUT2D eigenvalue weighted by Gasteiger charge is 2.48. The molecule has 9 fully saturated rings. The molecule has 2 aromatic heterocycles. The minimum Gasteiger partial charge on any atom is -0.455 e. The van der Waals surface area contributed by atoms with E-state index in [1.54, 1.807) is 5.56 Å². The number of rotatable bonds is 20.